The molecule has 0 aromatic carbocycles. The van der Waals surface area contributed by atoms with E-state index in [1.165, 1.54) is 4.68 Å². The largest absolute Gasteiger partial charge is 0.379 e. The maximum atomic E-state index is 11.7. The fourth-order valence-electron chi connectivity index (χ4n) is 1.69. The number of anilines is 1. The fourth-order valence-corrected chi connectivity index (χ4v) is 1.89. The van der Waals surface area contributed by atoms with Crippen LogP contribution in [0, 0.1) is 5.41 Å². The molecule has 1 N–H and O–H groups in total. The predicted molar refractivity (Wildman–Crippen MR) is 65.0 cm³/mol. The average Bonchev–Trinajstić information content (AvgIpc) is 2.82. The molecule has 1 heterocycles. The Balaban J connectivity index is 2.23. The van der Waals surface area contributed by atoms with E-state index in [0.717, 1.165) is 6.42 Å². The maximum absolute atomic E-state index is 11.7. The first-order valence-electron chi connectivity index (χ1n) is 5.48. The molecule has 0 saturated heterocycles. The first-order chi connectivity index (χ1) is 7.45. The van der Waals surface area contributed by atoms with Gasteiger partial charge in [-0.1, -0.05) is 25.4 Å². The summed E-state index contributed by atoms with van der Waals surface area (Å²) in [5.41, 5.74) is 0.711. The normalized spacial score (nSPS) is 21.9. The molecular formula is C11H16ClN3O. The summed E-state index contributed by atoms with van der Waals surface area (Å²) in [7, 11) is 0. The van der Waals surface area contributed by atoms with Crippen molar-refractivity contribution in [3.8, 4) is 0 Å². The van der Waals surface area contributed by atoms with E-state index in [-0.39, 0.29) is 10.6 Å². The first-order valence-corrected chi connectivity index (χ1v) is 5.85. The predicted octanol–water partition coefficient (Wildman–Crippen LogP) is 2.13. The van der Waals surface area contributed by atoms with E-state index >= 15 is 0 Å². The van der Waals surface area contributed by atoms with Crippen molar-refractivity contribution in [3.05, 3.63) is 21.6 Å². The molecule has 2 rings (SSSR count). The summed E-state index contributed by atoms with van der Waals surface area (Å²) in [6, 6.07) is 0.392. The lowest BCUT2D eigenvalue weighted by atomic mass is 10.2. The summed E-state index contributed by atoms with van der Waals surface area (Å²) >= 11 is 6.01. The summed E-state index contributed by atoms with van der Waals surface area (Å²) in [5, 5.41) is 7.54. The molecular weight excluding hydrogens is 226 g/mol. The van der Waals surface area contributed by atoms with E-state index in [1.54, 1.807) is 6.20 Å². The Morgan fingerprint density at radius 2 is 2.31 bits per heavy atom. The smallest absolute Gasteiger partial charge is 0.287 e. The standard InChI is InChI=1S/C11H16ClN3O/c1-4-15-10(16)9(12)7(6-13-15)14-8-5-11(8,2)3/h6,8,14H,4-5H2,1-3H3. The summed E-state index contributed by atoms with van der Waals surface area (Å²) in [6.07, 6.45) is 2.72. The SMILES string of the molecule is CCn1ncc(NC2CC2(C)C)c(Cl)c1=O. The van der Waals surface area contributed by atoms with Gasteiger partial charge >= 0.3 is 0 Å². The van der Waals surface area contributed by atoms with Crippen molar-refractivity contribution in [1.82, 2.24) is 9.78 Å². The van der Waals surface area contributed by atoms with Crippen LogP contribution in [-0.4, -0.2) is 15.8 Å². The zero-order valence-corrected chi connectivity index (χ0v) is 10.5. The molecule has 1 fully saturated rings. The third kappa shape index (κ3) is 1.94. The van der Waals surface area contributed by atoms with E-state index in [9.17, 15) is 4.79 Å². The van der Waals surface area contributed by atoms with Gasteiger partial charge < -0.3 is 5.32 Å². The zero-order valence-electron chi connectivity index (χ0n) is 9.75. The van der Waals surface area contributed by atoms with Crippen LogP contribution in [0.15, 0.2) is 11.0 Å². The molecule has 0 amide bonds. The van der Waals surface area contributed by atoms with Crippen LogP contribution >= 0.6 is 11.6 Å². The highest BCUT2D eigenvalue weighted by Crippen LogP contribution is 2.46. The van der Waals surface area contributed by atoms with Gasteiger partial charge in [-0.25, -0.2) is 4.68 Å². The molecule has 0 aliphatic heterocycles. The number of hydrogen-bond donors (Lipinski definition) is 1. The molecule has 1 aliphatic rings. The van der Waals surface area contributed by atoms with Crippen molar-refractivity contribution in [2.75, 3.05) is 5.32 Å². The Hall–Kier alpha value is -1.03. The monoisotopic (exact) mass is 241 g/mol. The number of aromatic nitrogens is 2. The van der Waals surface area contributed by atoms with Crippen molar-refractivity contribution in [2.45, 2.75) is 39.8 Å². The molecule has 4 nitrogen and oxygen atoms in total. The Morgan fingerprint density at radius 1 is 1.69 bits per heavy atom. The third-order valence-corrected chi connectivity index (χ3v) is 3.49. The number of aryl methyl sites for hydroxylation is 1. The number of nitrogens with one attached hydrogen (secondary N) is 1. The molecule has 16 heavy (non-hydrogen) atoms. The topological polar surface area (TPSA) is 46.9 Å². The molecule has 1 aliphatic carbocycles. The number of halogens is 1. The van der Waals surface area contributed by atoms with Crippen LogP contribution in [0.3, 0.4) is 0 Å². The number of nitrogens with zero attached hydrogens (tertiary/aromatic N) is 2. The Labute approximate surface area is 99.6 Å². The van der Waals surface area contributed by atoms with Gasteiger partial charge in [-0.2, -0.15) is 5.10 Å². The lowest BCUT2D eigenvalue weighted by Crippen LogP contribution is -2.24. The minimum absolute atomic E-state index is 0.229. The summed E-state index contributed by atoms with van der Waals surface area (Å²) < 4.78 is 1.35. The highest BCUT2D eigenvalue weighted by atomic mass is 35.5. The highest BCUT2D eigenvalue weighted by molar-refractivity contribution is 6.32. The number of hydrogen-bond acceptors (Lipinski definition) is 3. The summed E-state index contributed by atoms with van der Waals surface area (Å²) in [6.45, 7) is 6.76. The second kappa shape index (κ2) is 3.77. The minimum atomic E-state index is -0.229. The van der Waals surface area contributed by atoms with Crippen LogP contribution in [0.25, 0.3) is 0 Å². The van der Waals surface area contributed by atoms with Gasteiger partial charge in [0.05, 0.1) is 11.9 Å². The second-order valence-corrected chi connectivity index (χ2v) is 5.26. The van der Waals surface area contributed by atoms with E-state index in [1.807, 2.05) is 6.92 Å². The van der Waals surface area contributed by atoms with Crippen molar-refractivity contribution < 1.29 is 0 Å². The second-order valence-electron chi connectivity index (χ2n) is 4.88. The first kappa shape index (κ1) is 11.5. The Kier molecular flexibility index (Phi) is 2.70. The van der Waals surface area contributed by atoms with Crippen molar-refractivity contribution in [3.63, 3.8) is 0 Å². The van der Waals surface area contributed by atoms with Crippen LogP contribution in [0.4, 0.5) is 5.69 Å². The molecule has 1 unspecified atom stereocenters. The maximum Gasteiger partial charge on any atom is 0.287 e. The lowest BCUT2D eigenvalue weighted by Gasteiger charge is -2.10. The van der Waals surface area contributed by atoms with E-state index in [4.69, 9.17) is 11.6 Å². The molecule has 0 radical (unpaired) electrons. The Bertz CT molecular complexity index is 467. The van der Waals surface area contributed by atoms with Crippen molar-refractivity contribution in [1.29, 1.82) is 0 Å². The van der Waals surface area contributed by atoms with Gasteiger partial charge in [-0.05, 0) is 18.8 Å². The van der Waals surface area contributed by atoms with Gasteiger partial charge in [0.1, 0.15) is 5.02 Å². The van der Waals surface area contributed by atoms with Gasteiger partial charge in [0, 0.05) is 12.6 Å². The van der Waals surface area contributed by atoms with Gasteiger partial charge in [-0.15, -0.1) is 0 Å². The van der Waals surface area contributed by atoms with Gasteiger partial charge in [-0.3, -0.25) is 4.79 Å². The molecule has 5 heteroatoms. The quantitative estimate of drug-likeness (QED) is 0.882. The van der Waals surface area contributed by atoms with Gasteiger partial charge in [0.15, 0.2) is 0 Å². The Morgan fingerprint density at radius 3 is 2.81 bits per heavy atom. The molecule has 1 aromatic rings. The van der Waals surface area contributed by atoms with Crippen LogP contribution in [-0.2, 0) is 6.54 Å². The molecule has 1 aromatic heterocycles. The van der Waals surface area contributed by atoms with Gasteiger partial charge in [0.2, 0.25) is 0 Å². The van der Waals surface area contributed by atoms with Crippen LogP contribution in [0.5, 0.6) is 0 Å². The minimum Gasteiger partial charge on any atom is -0.379 e. The number of rotatable bonds is 3. The van der Waals surface area contributed by atoms with Crippen molar-refractivity contribution >= 4 is 17.3 Å². The lowest BCUT2D eigenvalue weighted by molar-refractivity contribution is 0.612. The van der Waals surface area contributed by atoms with Crippen LogP contribution in [0.2, 0.25) is 5.02 Å². The molecule has 0 bridgehead atoms. The summed E-state index contributed by atoms with van der Waals surface area (Å²) in [5.74, 6) is 0. The molecule has 0 spiro atoms. The van der Waals surface area contributed by atoms with Crippen molar-refractivity contribution in [2.24, 2.45) is 5.41 Å². The third-order valence-electron chi connectivity index (χ3n) is 3.13. The van der Waals surface area contributed by atoms with E-state index < -0.39 is 0 Å². The van der Waals surface area contributed by atoms with Gasteiger partial charge in [0.25, 0.3) is 5.56 Å². The molecule has 1 atom stereocenters. The van der Waals surface area contributed by atoms with E-state index in [0.29, 0.717) is 23.7 Å². The van der Waals surface area contributed by atoms with E-state index in [2.05, 4.69) is 24.3 Å². The molecule has 88 valence electrons. The molecule has 1 saturated carbocycles. The summed E-state index contributed by atoms with van der Waals surface area (Å²) in [4.78, 5) is 11.7. The average molecular weight is 242 g/mol. The van der Waals surface area contributed by atoms with Crippen LogP contribution in [0.1, 0.15) is 27.2 Å². The highest BCUT2D eigenvalue weighted by Gasteiger charge is 2.45. The zero-order chi connectivity index (χ0) is 11.9. The fraction of sp³-hybridized carbons (Fsp3) is 0.636. The van der Waals surface area contributed by atoms with Crippen LogP contribution < -0.4 is 10.9 Å².